The van der Waals surface area contributed by atoms with Crippen LogP contribution in [-0.4, -0.2) is 56.1 Å². The van der Waals surface area contributed by atoms with Gasteiger partial charge in [0.2, 0.25) is 11.8 Å². The predicted octanol–water partition coefficient (Wildman–Crippen LogP) is -0.921. The number of methoxy groups -OCH3 is 1. The van der Waals surface area contributed by atoms with Crippen LogP contribution in [0.15, 0.2) is 0 Å². The summed E-state index contributed by atoms with van der Waals surface area (Å²) in [7, 11) is 2.80. The van der Waals surface area contributed by atoms with Gasteiger partial charge in [-0.1, -0.05) is 0 Å². The summed E-state index contributed by atoms with van der Waals surface area (Å²) in [6.45, 7) is 0.528. The van der Waals surface area contributed by atoms with Crippen molar-refractivity contribution in [2.24, 2.45) is 0 Å². The molecule has 0 aromatic rings. The summed E-state index contributed by atoms with van der Waals surface area (Å²) in [6.07, 6.45) is 0.486. The van der Waals surface area contributed by atoms with E-state index in [4.69, 9.17) is 0 Å². The average Bonchev–Trinajstić information content (AvgIpc) is 2.31. The lowest BCUT2D eigenvalue weighted by Crippen LogP contribution is -2.55. The molecule has 1 atom stereocenters. The smallest absolute Gasteiger partial charge is 0.407 e. The fourth-order valence-electron chi connectivity index (χ4n) is 1.62. The minimum absolute atomic E-state index is 0.0538. The van der Waals surface area contributed by atoms with Gasteiger partial charge < -0.3 is 20.3 Å². The van der Waals surface area contributed by atoms with E-state index >= 15 is 0 Å². The van der Waals surface area contributed by atoms with Gasteiger partial charge in [-0.3, -0.25) is 9.59 Å². The van der Waals surface area contributed by atoms with Crippen molar-refractivity contribution in [3.05, 3.63) is 0 Å². The molecule has 1 unspecified atom stereocenters. The van der Waals surface area contributed by atoms with E-state index in [1.807, 2.05) is 0 Å². The number of ether oxygens (including phenoxy) is 1. The third kappa shape index (κ3) is 3.61. The molecular formula is C10H17N3O4. The maximum Gasteiger partial charge on any atom is 0.407 e. The number of rotatable bonds is 4. The van der Waals surface area contributed by atoms with Gasteiger partial charge in [0.25, 0.3) is 0 Å². The lowest BCUT2D eigenvalue weighted by atomic mass is 9.99. The lowest BCUT2D eigenvalue weighted by Gasteiger charge is -2.40. The van der Waals surface area contributed by atoms with Gasteiger partial charge in [0.05, 0.1) is 7.11 Å². The van der Waals surface area contributed by atoms with E-state index in [9.17, 15) is 14.4 Å². The highest BCUT2D eigenvalue weighted by Gasteiger charge is 2.33. The van der Waals surface area contributed by atoms with Crippen LogP contribution in [0.2, 0.25) is 0 Å². The zero-order valence-corrected chi connectivity index (χ0v) is 9.99. The van der Waals surface area contributed by atoms with Gasteiger partial charge in [-0.2, -0.15) is 0 Å². The highest BCUT2D eigenvalue weighted by molar-refractivity contribution is 5.84. The average molecular weight is 243 g/mol. The summed E-state index contributed by atoms with van der Waals surface area (Å²) in [4.78, 5) is 35.2. The van der Waals surface area contributed by atoms with Crippen molar-refractivity contribution in [1.82, 2.24) is 15.5 Å². The molecule has 0 spiro atoms. The van der Waals surface area contributed by atoms with Crippen molar-refractivity contribution in [2.45, 2.75) is 18.9 Å². The molecule has 1 aliphatic heterocycles. The summed E-state index contributed by atoms with van der Waals surface area (Å²) in [5, 5.41) is 4.83. The monoisotopic (exact) mass is 243 g/mol. The van der Waals surface area contributed by atoms with Crippen molar-refractivity contribution >= 4 is 17.9 Å². The van der Waals surface area contributed by atoms with E-state index in [-0.39, 0.29) is 24.4 Å². The van der Waals surface area contributed by atoms with Crippen LogP contribution in [0.3, 0.4) is 0 Å². The first-order valence-corrected chi connectivity index (χ1v) is 5.40. The SMILES string of the molecule is CNC(=O)CC1CCN1C(=O)CNC(=O)OC. The second-order valence-corrected chi connectivity index (χ2v) is 3.75. The van der Waals surface area contributed by atoms with Crippen LogP contribution >= 0.6 is 0 Å². The van der Waals surface area contributed by atoms with Crippen molar-refractivity contribution in [1.29, 1.82) is 0 Å². The molecule has 0 radical (unpaired) electrons. The summed E-state index contributed by atoms with van der Waals surface area (Å²) in [5.74, 6) is -0.288. The Kier molecular flexibility index (Phi) is 4.74. The Morgan fingerprint density at radius 1 is 1.41 bits per heavy atom. The first-order valence-electron chi connectivity index (χ1n) is 5.40. The van der Waals surface area contributed by atoms with E-state index in [1.165, 1.54) is 7.11 Å². The van der Waals surface area contributed by atoms with Crippen LogP contribution in [0.5, 0.6) is 0 Å². The molecular weight excluding hydrogens is 226 g/mol. The van der Waals surface area contributed by atoms with E-state index in [0.717, 1.165) is 6.42 Å². The van der Waals surface area contributed by atoms with Crippen LogP contribution in [0.25, 0.3) is 0 Å². The molecule has 1 heterocycles. The summed E-state index contributed by atoms with van der Waals surface area (Å²) < 4.78 is 4.36. The van der Waals surface area contributed by atoms with Gasteiger partial charge in [-0.15, -0.1) is 0 Å². The molecule has 0 bridgehead atoms. The molecule has 7 nitrogen and oxygen atoms in total. The zero-order valence-electron chi connectivity index (χ0n) is 9.99. The van der Waals surface area contributed by atoms with Gasteiger partial charge >= 0.3 is 6.09 Å². The van der Waals surface area contributed by atoms with Crippen LogP contribution < -0.4 is 10.6 Å². The number of likely N-dealkylation sites (tertiary alicyclic amines) is 1. The fourth-order valence-corrected chi connectivity index (χ4v) is 1.62. The topological polar surface area (TPSA) is 87.7 Å². The molecule has 0 saturated carbocycles. The third-order valence-corrected chi connectivity index (χ3v) is 2.73. The van der Waals surface area contributed by atoms with Crippen molar-refractivity contribution < 1.29 is 19.1 Å². The fraction of sp³-hybridized carbons (Fsp3) is 0.700. The maximum absolute atomic E-state index is 11.6. The Balaban J connectivity index is 2.32. The van der Waals surface area contributed by atoms with Gasteiger partial charge in [-0.05, 0) is 6.42 Å². The Morgan fingerprint density at radius 2 is 2.12 bits per heavy atom. The number of nitrogens with zero attached hydrogens (tertiary/aromatic N) is 1. The van der Waals surface area contributed by atoms with Crippen LogP contribution in [0, 0.1) is 0 Å². The van der Waals surface area contributed by atoms with E-state index in [2.05, 4.69) is 15.4 Å². The number of amides is 3. The van der Waals surface area contributed by atoms with E-state index in [0.29, 0.717) is 13.0 Å². The molecule has 96 valence electrons. The van der Waals surface area contributed by atoms with Crippen molar-refractivity contribution in [3.63, 3.8) is 0 Å². The molecule has 17 heavy (non-hydrogen) atoms. The maximum atomic E-state index is 11.6. The Labute approximate surface area is 99.5 Å². The number of hydrogen-bond acceptors (Lipinski definition) is 4. The highest BCUT2D eigenvalue weighted by atomic mass is 16.5. The molecule has 0 aromatic heterocycles. The van der Waals surface area contributed by atoms with E-state index < -0.39 is 6.09 Å². The number of alkyl carbamates (subject to hydrolysis) is 1. The van der Waals surface area contributed by atoms with Crippen molar-refractivity contribution in [2.75, 3.05) is 27.2 Å². The Morgan fingerprint density at radius 3 is 2.59 bits per heavy atom. The standard InChI is InChI=1S/C10H17N3O4/c1-11-8(14)5-7-3-4-13(7)9(15)6-12-10(16)17-2/h7H,3-6H2,1-2H3,(H,11,14)(H,12,16). The summed E-state index contributed by atoms with van der Waals surface area (Å²) in [6, 6.07) is -0.0538. The van der Waals surface area contributed by atoms with Crippen LogP contribution in [-0.2, 0) is 14.3 Å². The van der Waals surface area contributed by atoms with E-state index in [1.54, 1.807) is 11.9 Å². The second kappa shape index (κ2) is 6.07. The van der Waals surface area contributed by atoms with Gasteiger partial charge in [0.1, 0.15) is 6.54 Å². The second-order valence-electron chi connectivity index (χ2n) is 3.75. The normalized spacial score (nSPS) is 18.0. The van der Waals surface area contributed by atoms with Crippen LogP contribution in [0.1, 0.15) is 12.8 Å². The molecule has 1 rings (SSSR count). The number of nitrogens with one attached hydrogen (secondary N) is 2. The number of carbonyl (C=O) groups excluding carboxylic acids is 3. The molecule has 0 aliphatic carbocycles. The summed E-state index contributed by atoms with van der Waals surface area (Å²) >= 11 is 0. The molecule has 1 aliphatic rings. The highest BCUT2D eigenvalue weighted by Crippen LogP contribution is 2.20. The molecule has 7 heteroatoms. The largest absolute Gasteiger partial charge is 0.453 e. The minimum Gasteiger partial charge on any atom is -0.453 e. The van der Waals surface area contributed by atoms with Gasteiger partial charge in [-0.25, -0.2) is 4.79 Å². The molecule has 1 fully saturated rings. The third-order valence-electron chi connectivity index (χ3n) is 2.73. The Bertz CT molecular complexity index is 319. The Hall–Kier alpha value is -1.79. The quantitative estimate of drug-likeness (QED) is 0.668. The van der Waals surface area contributed by atoms with Crippen molar-refractivity contribution in [3.8, 4) is 0 Å². The van der Waals surface area contributed by atoms with Gasteiger partial charge in [0, 0.05) is 26.1 Å². The molecule has 0 aromatic carbocycles. The first kappa shape index (κ1) is 13.3. The molecule has 2 N–H and O–H groups in total. The number of hydrogen-bond donors (Lipinski definition) is 2. The zero-order chi connectivity index (χ0) is 12.8. The number of carbonyl (C=O) groups is 3. The molecule has 1 saturated heterocycles. The minimum atomic E-state index is -0.637. The first-order chi connectivity index (χ1) is 8.08. The summed E-state index contributed by atoms with van der Waals surface area (Å²) in [5.41, 5.74) is 0. The predicted molar refractivity (Wildman–Crippen MR) is 59.2 cm³/mol. The van der Waals surface area contributed by atoms with Crippen LogP contribution in [0.4, 0.5) is 4.79 Å². The van der Waals surface area contributed by atoms with Gasteiger partial charge in [0.15, 0.2) is 0 Å². The lowest BCUT2D eigenvalue weighted by molar-refractivity contribution is -0.139. The molecule has 3 amide bonds.